The molecule has 1 aliphatic rings. The molecule has 0 aromatic heterocycles. The number of carbonyl (C=O) groups excluding carboxylic acids is 3. The van der Waals surface area contributed by atoms with Gasteiger partial charge in [-0.25, -0.2) is 4.90 Å². The van der Waals surface area contributed by atoms with Crippen molar-refractivity contribution in [2.45, 2.75) is 18.9 Å². The first-order valence-electron chi connectivity index (χ1n) is 6.86. The van der Waals surface area contributed by atoms with E-state index < -0.39 is 6.04 Å². The molecule has 6 heteroatoms. The number of imide groups is 1. The smallest absolute Gasteiger partial charge is 0.251 e. The fourth-order valence-corrected chi connectivity index (χ4v) is 2.22. The molecule has 0 bridgehead atoms. The monoisotopic (exact) mass is 289 g/mol. The highest BCUT2D eigenvalue weighted by Crippen LogP contribution is 2.22. The number of benzene rings is 1. The molecule has 1 aromatic rings. The third kappa shape index (κ3) is 3.46. The lowest BCUT2D eigenvalue weighted by Gasteiger charge is -2.16. The van der Waals surface area contributed by atoms with Gasteiger partial charge in [0.1, 0.15) is 0 Å². The van der Waals surface area contributed by atoms with Crippen LogP contribution in [0.5, 0.6) is 0 Å². The van der Waals surface area contributed by atoms with Gasteiger partial charge in [-0.2, -0.15) is 0 Å². The SMILES string of the molecule is CN(C)C(=O)CCNC1CC(=O)N(c2ccccc2)C1=O. The minimum absolute atomic E-state index is 0.0146. The van der Waals surface area contributed by atoms with Crippen molar-refractivity contribution in [2.75, 3.05) is 25.5 Å². The first kappa shape index (κ1) is 15.2. The minimum atomic E-state index is -0.548. The molecule has 1 aliphatic heterocycles. The largest absolute Gasteiger partial charge is 0.349 e. The molecule has 1 heterocycles. The Hall–Kier alpha value is -2.21. The fourth-order valence-electron chi connectivity index (χ4n) is 2.22. The summed E-state index contributed by atoms with van der Waals surface area (Å²) >= 11 is 0. The molecule has 0 radical (unpaired) electrons. The quantitative estimate of drug-likeness (QED) is 0.796. The number of nitrogens with zero attached hydrogens (tertiary/aromatic N) is 2. The highest BCUT2D eigenvalue weighted by atomic mass is 16.2. The lowest BCUT2D eigenvalue weighted by atomic mass is 10.2. The maximum atomic E-state index is 12.3. The maximum absolute atomic E-state index is 12.3. The Labute approximate surface area is 123 Å². The summed E-state index contributed by atoms with van der Waals surface area (Å²) in [4.78, 5) is 38.4. The number of carbonyl (C=O) groups is 3. The molecule has 0 aliphatic carbocycles. The van der Waals surface area contributed by atoms with Crippen molar-refractivity contribution in [3.63, 3.8) is 0 Å². The molecule has 1 N–H and O–H groups in total. The predicted molar refractivity (Wildman–Crippen MR) is 78.7 cm³/mol. The second kappa shape index (κ2) is 6.49. The molecular weight excluding hydrogens is 270 g/mol. The Bertz CT molecular complexity index is 542. The second-order valence-corrected chi connectivity index (χ2v) is 5.15. The number of anilines is 1. The summed E-state index contributed by atoms with van der Waals surface area (Å²) in [7, 11) is 3.37. The van der Waals surface area contributed by atoms with Crippen molar-refractivity contribution in [1.82, 2.24) is 10.2 Å². The van der Waals surface area contributed by atoms with Crippen molar-refractivity contribution < 1.29 is 14.4 Å². The number of rotatable bonds is 5. The van der Waals surface area contributed by atoms with Crippen LogP contribution in [0.1, 0.15) is 12.8 Å². The molecule has 1 saturated heterocycles. The van der Waals surface area contributed by atoms with Gasteiger partial charge in [0.2, 0.25) is 11.8 Å². The van der Waals surface area contributed by atoms with Crippen molar-refractivity contribution in [3.8, 4) is 0 Å². The second-order valence-electron chi connectivity index (χ2n) is 5.15. The van der Waals surface area contributed by atoms with E-state index in [-0.39, 0.29) is 24.1 Å². The fraction of sp³-hybridized carbons (Fsp3) is 0.400. The Kier molecular flexibility index (Phi) is 4.70. The van der Waals surface area contributed by atoms with Gasteiger partial charge in [0.15, 0.2) is 0 Å². The van der Waals surface area contributed by atoms with Crippen LogP contribution in [0.3, 0.4) is 0 Å². The van der Waals surface area contributed by atoms with Gasteiger partial charge in [0, 0.05) is 27.1 Å². The molecule has 0 spiro atoms. The molecule has 21 heavy (non-hydrogen) atoms. The van der Waals surface area contributed by atoms with Gasteiger partial charge in [0.05, 0.1) is 18.2 Å². The topological polar surface area (TPSA) is 69.7 Å². The Morgan fingerprint density at radius 1 is 1.29 bits per heavy atom. The van der Waals surface area contributed by atoms with Crippen LogP contribution in [0.2, 0.25) is 0 Å². The maximum Gasteiger partial charge on any atom is 0.251 e. The zero-order chi connectivity index (χ0) is 15.4. The average molecular weight is 289 g/mol. The lowest BCUT2D eigenvalue weighted by molar-refractivity contribution is -0.129. The zero-order valence-electron chi connectivity index (χ0n) is 12.2. The van der Waals surface area contributed by atoms with E-state index in [2.05, 4.69) is 5.32 Å². The number of hydrogen-bond donors (Lipinski definition) is 1. The number of amides is 3. The summed E-state index contributed by atoms with van der Waals surface area (Å²) in [5.74, 6) is -0.495. The molecule has 2 rings (SSSR count). The van der Waals surface area contributed by atoms with E-state index in [1.807, 2.05) is 6.07 Å². The molecule has 6 nitrogen and oxygen atoms in total. The molecule has 1 aromatic carbocycles. The highest BCUT2D eigenvalue weighted by molar-refractivity contribution is 6.22. The zero-order valence-corrected chi connectivity index (χ0v) is 12.2. The van der Waals surface area contributed by atoms with Gasteiger partial charge in [-0.15, -0.1) is 0 Å². The van der Waals surface area contributed by atoms with E-state index in [0.717, 1.165) is 0 Å². The third-order valence-electron chi connectivity index (χ3n) is 3.39. The van der Waals surface area contributed by atoms with Crippen LogP contribution < -0.4 is 10.2 Å². The standard InChI is InChI=1S/C15H19N3O3/c1-17(2)13(19)8-9-16-12-10-14(20)18(15(12)21)11-6-4-3-5-7-11/h3-7,12,16H,8-10H2,1-2H3. The molecule has 1 fully saturated rings. The van der Waals surface area contributed by atoms with Gasteiger partial charge in [-0.3, -0.25) is 14.4 Å². The van der Waals surface area contributed by atoms with Gasteiger partial charge >= 0.3 is 0 Å². The van der Waals surface area contributed by atoms with Crippen LogP contribution >= 0.6 is 0 Å². The lowest BCUT2D eigenvalue weighted by Crippen LogP contribution is -2.40. The highest BCUT2D eigenvalue weighted by Gasteiger charge is 2.39. The van der Waals surface area contributed by atoms with E-state index in [4.69, 9.17) is 0 Å². The van der Waals surface area contributed by atoms with E-state index >= 15 is 0 Å². The predicted octanol–water partition coefficient (Wildman–Crippen LogP) is 0.386. The van der Waals surface area contributed by atoms with E-state index in [0.29, 0.717) is 18.7 Å². The molecule has 0 saturated carbocycles. The minimum Gasteiger partial charge on any atom is -0.349 e. The summed E-state index contributed by atoms with van der Waals surface area (Å²) < 4.78 is 0. The van der Waals surface area contributed by atoms with Gasteiger partial charge in [-0.1, -0.05) is 18.2 Å². The molecule has 112 valence electrons. The van der Waals surface area contributed by atoms with Crippen LogP contribution in [-0.2, 0) is 14.4 Å². The van der Waals surface area contributed by atoms with Gasteiger partial charge in [-0.05, 0) is 12.1 Å². The summed E-state index contributed by atoms with van der Waals surface area (Å²) in [5.41, 5.74) is 0.584. The van der Waals surface area contributed by atoms with Crippen molar-refractivity contribution >= 4 is 23.4 Å². The first-order chi connectivity index (χ1) is 10.0. The Morgan fingerprint density at radius 3 is 2.57 bits per heavy atom. The molecule has 3 amide bonds. The van der Waals surface area contributed by atoms with Gasteiger partial charge in [0.25, 0.3) is 5.91 Å². The Balaban J connectivity index is 1.94. The third-order valence-corrected chi connectivity index (χ3v) is 3.39. The average Bonchev–Trinajstić information content (AvgIpc) is 2.74. The molecule has 1 unspecified atom stereocenters. The summed E-state index contributed by atoms with van der Waals surface area (Å²) in [6.07, 6.45) is 0.431. The van der Waals surface area contributed by atoms with Crippen molar-refractivity contribution in [1.29, 1.82) is 0 Å². The van der Waals surface area contributed by atoms with Crippen LogP contribution in [0.15, 0.2) is 30.3 Å². The van der Waals surface area contributed by atoms with Crippen LogP contribution in [0.4, 0.5) is 5.69 Å². The van der Waals surface area contributed by atoms with Crippen LogP contribution in [-0.4, -0.2) is 49.3 Å². The van der Waals surface area contributed by atoms with E-state index in [1.54, 1.807) is 38.4 Å². The van der Waals surface area contributed by atoms with E-state index in [9.17, 15) is 14.4 Å². The molecule has 1 atom stereocenters. The normalized spacial score (nSPS) is 18.2. The summed E-state index contributed by atoms with van der Waals surface area (Å²) in [6, 6.07) is 8.31. The van der Waals surface area contributed by atoms with Crippen molar-refractivity contribution in [3.05, 3.63) is 30.3 Å². The summed E-state index contributed by atoms with van der Waals surface area (Å²) in [5, 5.41) is 2.99. The van der Waals surface area contributed by atoms with Crippen molar-refractivity contribution in [2.24, 2.45) is 0 Å². The number of para-hydroxylation sites is 1. The van der Waals surface area contributed by atoms with Crippen LogP contribution in [0.25, 0.3) is 0 Å². The first-order valence-corrected chi connectivity index (χ1v) is 6.86. The van der Waals surface area contributed by atoms with Gasteiger partial charge < -0.3 is 10.2 Å². The van der Waals surface area contributed by atoms with Crippen LogP contribution in [0, 0.1) is 0 Å². The summed E-state index contributed by atoms with van der Waals surface area (Å²) in [6.45, 7) is 0.378. The Morgan fingerprint density at radius 2 is 1.95 bits per heavy atom. The number of hydrogen-bond acceptors (Lipinski definition) is 4. The molecular formula is C15H19N3O3. The van der Waals surface area contributed by atoms with E-state index in [1.165, 1.54) is 9.80 Å². The number of nitrogens with one attached hydrogen (secondary N) is 1.